The molecule has 1 aromatic heterocycles. The smallest absolute Gasteiger partial charge is 0.257 e. The summed E-state index contributed by atoms with van der Waals surface area (Å²) in [5.41, 5.74) is 0.266. The summed E-state index contributed by atoms with van der Waals surface area (Å²) in [6, 6.07) is 3.17. The fourth-order valence-corrected chi connectivity index (χ4v) is 1.16. The molecule has 0 aliphatic heterocycles. The highest BCUT2D eigenvalue weighted by molar-refractivity contribution is 9.10. The third-order valence-electron chi connectivity index (χ3n) is 1.23. The largest absolute Gasteiger partial charge is 0.480 e. The van der Waals surface area contributed by atoms with Crippen LogP contribution in [0.2, 0.25) is 0 Å². The van der Waals surface area contributed by atoms with Crippen molar-refractivity contribution in [2.75, 3.05) is 7.11 Å². The van der Waals surface area contributed by atoms with E-state index < -0.39 is 5.24 Å². The number of rotatable bonds is 2. The molecule has 1 heterocycles. The highest BCUT2D eigenvalue weighted by atomic mass is 79.9. The Morgan fingerprint density at radius 3 is 2.83 bits per heavy atom. The minimum absolute atomic E-state index is 0.226. The Hall–Kier alpha value is -0.610. The molecule has 0 atom stereocenters. The van der Waals surface area contributed by atoms with Crippen LogP contribution in [0.4, 0.5) is 0 Å². The minimum Gasteiger partial charge on any atom is -0.480 e. The highest BCUT2D eigenvalue weighted by Gasteiger charge is 2.10. The lowest BCUT2D eigenvalue weighted by Gasteiger charge is -2.02. The summed E-state index contributed by atoms with van der Waals surface area (Å²) in [6.07, 6.45) is 0. The number of aromatic nitrogens is 1. The first kappa shape index (κ1) is 9.48. The van der Waals surface area contributed by atoms with Crippen molar-refractivity contribution < 1.29 is 9.53 Å². The zero-order chi connectivity index (χ0) is 9.14. The second-order valence-electron chi connectivity index (χ2n) is 1.96. The first-order valence-corrected chi connectivity index (χ1v) is 4.22. The standard InChI is InChI=1S/C7H5BrClNO2/c1-12-7-4(6(9)11)2-3-5(8)10-7/h2-3H,1H3. The van der Waals surface area contributed by atoms with Gasteiger partial charge in [-0.1, -0.05) is 0 Å². The van der Waals surface area contributed by atoms with Gasteiger partial charge in [0.2, 0.25) is 5.88 Å². The van der Waals surface area contributed by atoms with Gasteiger partial charge in [-0.3, -0.25) is 4.79 Å². The van der Waals surface area contributed by atoms with E-state index in [2.05, 4.69) is 20.9 Å². The van der Waals surface area contributed by atoms with E-state index in [4.69, 9.17) is 16.3 Å². The Balaban J connectivity index is 3.20. The second kappa shape index (κ2) is 3.87. The molecule has 1 aromatic rings. The van der Waals surface area contributed by atoms with Crippen molar-refractivity contribution in [3.63, 3.8) is 0 Å². The number of ether oxygens (including phenoxy) is 1. The van der Waals surface area contributed by atoms with E-state index in [0.29, 0.717) is 4.60 Å². The van der Waals surface area contributed by atoms with Gasteiger partial charge in [0.1, 0.15) is 4.60 Å². The van der Waals surface area contributed by atoms with E-state index in [-0.39, 0.29) is 11.4 Å². The van der Waals surface area contributed by atoms with E-state index in [1.165, 1.54) is 7.11 Å². The molecule has 0 aliphatic rings. The van der Waals surface area contributed by atoms with Gasteiger partial charge in [-0.2, -0.15) is 0 Å². The number of nitrogens with zero attached hydrogens (tertiary/aromatic N) is 1. The predicted octanol–water partition coefficient (Wildman–Crippen LogP) is 2.23. The zero-order valence-corrected chi connectivity index (χ0v) is 8.52. The summed E-state index contributed by atoms with van der Waals surface area (Å²) in [7, 11) is 1.43. The summed E-state index contributed by atoms with van der Waals surface area (Å²) in [6.45, 7) is 0. The quantitative estimate of drug-likeness (QED) is 0.597. The Bertz CT molecular complexity index is 316. The van der Waals surface area contributed by atoms with E-state index in [0.717, 1.165) is 0 Å². The lowest BCUT2D eigenvalue weighted by Crippen LogP contribution is -1.97. The molecule has 0 bridgehead atoms. The van der Waals surface area contributed by atoms with Crippen molar-refractivity contribution in [3.8, 4) is 5.88 Å². The lowest BCUT2D eigenvalue weighted by molar-refractivity contribution is 0.107. The molecular formula is C7H5BrClNO2. The van der Waals surface area contributed by atoms with Crippen LogP contribution >= 0.6 is 27.5 Å². The summed E-state index contributed by atoms with van der Waals surface area (Å²) in [5, 5.41) is -0.577. The maximum atomic E-state index is 10.8. The molecule has 0 saturated heterocycles. The van der Waals surface area contributed by atoms with Gasteiger partial charge in [0.05, 0.1) is 12.7 Å². The van der Waals surface area contributed by atoms with Crippen LogP contribution in [0.1, 0.15) is 10.4 Å². The number of methoxy groups -OCH3 is 1. The molecule has 64 valence electrons. The van der Waals surface area contributed by atoms with Crippen LogP contribution in [0.3, 0.4) is 0 Å². The molecule has 0 spiro atoms. The molecule has 1 rings (SSSR count). The van der Waals surface area contributed by atoms with Gasteiger partial charge < -0.3 is 4.74 Å². The van der Waals surface area contributed by atoms with Crippen molar-refractivity contribution >= 4 is 32.8 Å². The van der Waals surface area contributed by atoms with Crippen LogP contribution in [-0.2, 0) is 0 Å². The van der Waals surface area contributed by atoms with Crippen molar-refractivity contribution in [1.82, 2.24) is 4.98 Å². The predicted molar refractivity (Wildman–Crippen MR) is 48.7 cm³/mol. The Labute approximate surface area is 82.8 Å². The third-order valence-corrected chi connectivity index (χ3v) is 1.88. The Morgan fingerprint density at radius 2 is 2.33 bits per heavy atom. The van der Waals surface area contributed by atoms with Crippen LogP contribution in [0.15, 0.2) is 16.7 Å². The van der Waals surface area contributed by atoms with Crippen molar-refractivity contribution in [1.29, 1.82) is 0 Å². The molecular weight excluding hydrogens is 245 g/mol. The molecule has 0 aromatic carbocycles. The summed E-state index contributed by atoms with van der Waals surface area (Å²) < 4.78 is 5.44. The number of pyridine rings is 1. The first-order chi connectivity index (χ1) is 5.65. The van der Waals surface area contributed by atoms with Crippen LogP contribution in [0.5, 0.6) is 5.88 Å². The van der Waals surface area contributed by atoms with Crippen molar-refractivity contribution in [2.45, 2.75) is 0 Å². The summed E-state index contributed by atoms with van der Waals surface area (Å²) >= 11 is 8.41. The molecule has 0 unspecified atom stereocenters. The zero-order valence-electron chi connectivity index (χ0n) is 6.17. The van der Waals surface area contributed by atoms with Gasteiger partial charge in [-0.05, 0) is 39.7 Å². The maximum Gasteiger partial charge on any atom is 0.257 e. The van der Waals surface area contributed by atoms with E-state index in [1.807, 2.05) is 0 Å². The van der Waals surface area contributed by atoms with Gasteiger partial charge in [0.15, 0.2) is 0 Å². The van der Waals surface area contributed by atoms with Gasteiger partial charge in [0.25, 0.3) is 5.24 Å². The van der Waals surface area contributed by atoms with E-state index in [1.54, 1.807) is 12.1 Å². The van der Waals surface area contributed by atoms with Gasteiger partial charge in [-0.25, -0.2) is 4.98 Å². The Morgan fingerprint density at radius 1 is 1.67 bits per heavy atom. The van der Waals surface area contributed by atoms with Crippen LogP contribution in [0, 0.1) is 0 Å². The van der Waals surface area contributed by atoms with Crippen LogP contribution in [-0.4, -0.2) is 17.3 Å². The fraction of sp³-hybridized carbons (Fsp3) is 0.143. The molecule has 0 fully saturated rings. The second-order valence-corrected chi connectivity index (χ2v) is 3.12. The number of hydrogen-bond acceptors (Lipinski definition) is 3. The van der Waals surface area contributed by atoms with Gasteiger partial charge >= 0.3 is 0 Å². The molecule has 5 heteroatoms. The molecule has 0 N–H and O–H groups in total. The molecule has 0 amide bonds. The summed E-state index contributed by atoms with van der Waals surface area (Å²) in [4.78, 5) is 14.7. The average Bonchev–Trinajstić information content (AvgIpc) is 2.03. The van der Waals surface area contributed by atoms with Crippen LogP contribution in [0.25, 0.3) is 0 Å². The maximum absolute atomic E-state index is 10.8. The average molecular weight is 250 g/mol. The minimum atomic E-state index is -0.577. The molecule has 0 radical (unpaired) electrons. The Kier molecular flexibility index (Phi) is 3.05. The van der Waals surface area contributed by atoms with Crippen molar-refractivity contribution in [2.24, 2.45) is 0 Å². The van der Waals surface area contributed by atoms with Crippen LogP contribution < -0.4 is 4.74 Å². The SMILES string of the molecule is COc1nc(Br)ccc1C(=O)Cl. The molecule has 12 heavy (non-hydrogen) atoms. The monoisotopic (exact) mass is 249 g/mol. The third kappa shape index (κ3) is 1.95. The fourth-order valence-electron chi connectivity index (χ4n) is 0.723. The number of carbonyl (C=O) groups is 1. The first-order valence-electron chi connectivity index (χ1n) is 3.05. The summed E-state index contributed by atoms with van der Waals surface area (Å²) in [5.74, 6) is 0.226. The van der Waals surface area contributed by atoms with Gasteiger partial charge in [-0.15, -0.1) is 0 Å². The van der Waals surface area contributed by atoms with E-state index in [9.17, 15) is 4.79 Å². The molecule has 3 nitrogen and oxygen atoms in total. The number of hydrogen-bond donors (Lipinski definition) is 0. The number of halogens is 2. The van der Waals surface area contributed by atoms with Crippen molar-refractivity contribution in [3.05, 3.63) is 22.3 Å². The molecule has 0 aliphatic carbocycles. The topological polar surface area (TPSA) is 39.2 Å². The number of carbonyl (C=O) groups excluding carboxylic acids is 1. The van der Waals surface area contributed by atoms with Gasteiger partial charge in [0, 0.05) is 0 Å². The molecule has 0 saturated carbocycles. The lowest BCUT2D eigenvalue weighted by atomic mass is 10.3. The normalized spacial score (nSPS) is 9.58. The highest BCUT2D eigenvalue weighted by Crippen LogP contribution is 2.20. The van der Waals surface area contributed by atoms with E-state index >= 15 is 0 Å².